The van der Waals surface area contributed by atoms with Crippen molar-refractivity contribution in [3.8, 4) is 0 Å². The molecule has 0 aliphatic carbocycles. The lowest BCUT2D eigenvalue weighted by atomic mass is 9.99. The van der Waals surface area contributed by atoms with Gasteiger partial charge in [0.25, 0.3) is 0 Å². The van der Waals surface area contributed by atoms with Gasteiger partial charge in [-0.25, -0.2) is 0 Å². The molecule has 0 radical (unpaired) electrons. The third-order valence-corrected chi connectivity index (χ3v) is 2.06. The van der Waals surface area contributed by atoms with Gasteiger partial charge in [0.2, 0.25) is 0 Å². The lowest BCUT2D eigenvalue weighted by Crippen LogP contribution is -2.16. The third-order valence-electron chi connectivity index (χ3n) is 2.06. The van der Waals surface area contributed by atoms with Crippen molar-refractivity contribution in [2.75, 3.05) is 0 Å². The molecule has 0 aromatic carbocycles. The molecular weight excluding hydrogens is 182 g/mol. The maximum absolute atomic E-state index is 10.3. The molecule has 2 N–H and O–H groups in total. The van der Waals surface area contributed by atoms with E-state index in [0.29, 0.717) is 5.92 Å². The van der Waals surface area contributed by atoms with Gasteiger partial charge >= 0.3 is 5.82 Å². The number of pyridine rings is 1. The summed E-state index contributed by atoms with van der Waals surface area (Å²) in [7, 11) is 0. The van der Waals surface area contributed by atoms with E-state index in [1.54, 1.807) is 6.07 Å². The Labute approximate surface area is 82.1 Å². The van der Waals surface area contributed by atoms with Gasteiger partial charge in [0.05, 0.1) is 0 Å². The zero-order valence-electron chi connectivity index (χ0n) is 8.18. The van der Waals surface area contributed by atoms with Gasteiger partial charge in [-0.05, 0) is 21.9 Å². The zero-order valence-corrected chi connectivity index (χ0v) is 8.18. The Kier molecular flexibility index (Phi) is 3.14. The van der Waals surface area contributed by atoms with Crippen molar-refractivity contribution < 1.29 is 4.92 Å². The van der Waals surface area contributed by atoms with Crippen LogP contribution < -0.4 is 5.73 Å². The quantitative estimate of drug-likeness (QED) is 0.587. The molecule has 0 spiro atoms. The van der Waals surface area contributed by atoms with Crippen molar-refractivity contribution in [1.29, 1.82) is 0 Å². The molecule has 0 aliphatic heterocycles. The average Bonchev–Trinajstić information content (AvgIpc) is 2.16. The van der Waals surface area contributed by atoms with Crippen LogP contribution in [0.15, 0.2) is 18.3 Å². The molecular formula is C9H13N3O2. The van der Waals surface area contributed by atoms with Gasteiger partial charge in [-0.3, -0.25) is 0 Å². The first-order chi connectivity index (χ1) is 6.52. The SMILES string of the molecule is CC(C)[C@H](N)c1ccc([N+](=O)[O-])nc1. The van der Waals surface area contributed by atoms with Gasteiger partial charge in [0, 0.05) is 17.7 Å². The van der Waals surface area contributed by atoms with E-state index < -0.39 is 4.92 Å². The second-order valence-electron chi connectivity index (χ2n) is 3.48. The molecule has 1 aromatic heterocycles. The fourth-order valence-electron chi connectivity index (χ4n) is 1.09. The predicted molar refractivity (Wildman–Crippen MR) is 52.7 cm³/mol. The number of nitrogens with zero attached hydrogens (tertiary/aromatic N) is 2. The third kappa shape index (κ3) is 2.26. The number of hydrogen-bond acceptors (Lipinski definition) is 4. The van der Waals surface area contributed by atoms with E-state index in [1.165, 1.54) is 12.3 Å². The average molecular weight is 195 g/mol. The van der Waals surface area contributed by atoms with Crippen molar-refractivity contribution >= 4 is 5.82 Å². The Morgan fingerprint density at radius 1 is 1.50 bits per heavy atom. The summed E-state index contributed by atoms with van der Waals surface area (Å²) in [6.45, 7) is 3.98. The maximum atomic E-state index is 10.3. The minimum absolute atomic E-state index is 0.122. The van der Waals surface area contributed by atoms with Gasteiger partial charge in [0.1, 0.15) is 6.20 Å². The summed E-state index contributed by atoms with van der Waals surface area (Å²) in [5.74, 6) is 0.142. The van der Waals surface area contributed by atoms with E-state index in [9.17, 15) is 10.1 Å². The second kappa shape index (κ2) is 4.15. The van der Waals surface area contributed by atoms with Gasteiger partial charge in [-0.2, -0.15) is 0 Å². The Hall–Kier alpha value is -1.49. The summed E-state index contributed by atoms with van der Waals surface area (Å²) in [4.78, 5) is 13.5. The van der Waals surface area contributed by atoms with Crippen LogP contribution in [0.2, 0.25) is 0 Å². The van der Waals surface area contributed by atoms with Crippen molar-refractivity contribution in [2.24, 2.45) is 11.7 Å². The molecule has 0 fully saturated rings. The van der Waals surface area contributed by atoms with Crippen LogP contribution in [-0.2, 0) is 0 Å². The zero-order chi connectivity index (χ0) is 10.7. The van der Waals surface area contributed by atoms with Gasteiger partial charge in [0.15, 0.2) is 0 Å². The summed E-state index contributed by atoms with van der Waals surface area (Å²) < 4.78 is 0. The molecule has 0 bridgehead atoms. The van der Waals surface area contributed by atoms with E-state index >= 15 is 0 Å². The summed E-state index contributed by atoms with van der Waals surface area (Å²) in [6, 6.07) is 2.90. The highest BCUT2D eigenvalue weighted by atomic mass is 16.6. The number of hydrogen-bond donors (Lipinski definition) is 1. The predicted octanol–water partition coefficient (Wildman–Crippen LogP) is 1.65. The molecule has 5 nitrogen and oxygen atoms in total. The first kappa shape index (κ1) is 10.6. The number of nitrogens with two attached hydrogens (primary N) is 1. The highest BCUT2D eigenvalue weighted by Crippen LogP contribution is 2.19. The van der Waals surface area contributed by atoms with Crippen LogP contribution in [0.25, 0.3) is 0 Å². The Balaban J connectivity index is 2.88. The lowest BCUT2D eigenvalue weighted by molar-refractivity contribution is -0.389. The Morgan fingerprint density at radius 2 is 2.14 bits per heavy atom. The van der Waals surface area contributed by atoms with E-state index in [1.807, 2.05) is 13.8 Å². The van der Waals surface area contributed by atoms with Crippen molar-refractivity contribution in [1.82, 2.24) is 4.98 Å². The monoisotopic (exact) mass is 195 g/mol. The molecule has 76 valence electrons. The van der Waals surface area contributed by atoms with Crippen molar-refractivity contribution in [3.63, 3.8) is 0 Å². The Morgan fingerprint density at radius 3 is 2.50 bits per heavy atom. The van der Waals surface area contributed by atoms with E-state index in [-0.39, 0.29) is 11.9 Å². The molecule has 1 rings (SSSR count). The van der Waals surface area contributed by atoms with Crippen LogP contribution in [0.4, 0.5) is 5.82 Å². The summed E-state index contributed by atoms with van der Waals surface area (Å²) >= 11 is 0. The fourth-order valence-corrected chi connectivity index (χ4v) is 1.09. The molecule has 0 saturated heterocycles. The smallest absolute Gasteiger partial charge is 0.358 e. The second-order valence-corrected chi connectivity index (χ2v) is 3.48. The molecule has 1 atom stereocenters. The standard InChI is InChI=1S/C9H13N3O2/c1-6(2)9(10)7-3-4-8(11-5-7)12(13)14/h3-6,9H,10H2,1-2H3/t9-/m0/s1. The van der Waals surface area contributed by atoms with Crippen LogP contribution in [0, 0.1) is 16.0 Å². The van der Waals surface area contributed by atoms with Crippen LogP contribution >= 0.6 is 0 Å². The highest BCUT2D eigenvalue weighted by Gasteiger charge is 2.14. The molecule has 1 aromatic rings. The van der Waals surface area contributed by atoms with Crippen LogP contribution in [-0.4, -0.2) is 9.91 Å². The Bertz CT molecular complexity index is 321. The van der Waals surface area contributed by atoms with Crippen LogP contribution in [0.1, 0.15) is 25.5 Å². The summed E-state index contributed by atoms with van der Waals surface area (Å²) in [6.07, 6.45) is 1.46. The summed E-state index contributed by atoms with van der Waals surface area (Å²) in [5, 5.41) is 10.3. The molecule has 0 saturated carbocycles. The van der Waals surface area contributed by atoms with Crippen LogP contribution in [0.3, 0.4) is 0 Å². The van der Waals surface area contributed by atoms with Gasteiger partial charge < -0.3 is 15.8 Å². The number of aromatic nitrogens is 1. The van der Waals surface area contributed by atoms with E-state index in [4.69, 9.17) is 5.73 Å². The molecule has 0 amide bonds. The molecule has 1 heterocycles. The number of nitro groups is 1. The lowest BCUT2D eigenvalue weighted by Gasteiger charge is -2.13. The molecule has 5 heteroatoms. The van der Waals surface area contributed by atoms with Gasteiger partial charge in [-0.15, -0.1) is 0 Å². The minimum atomic E-state index is -0.523. The summed E-state index contributed by atoms with van der Waals surface area (Å²) in [5.41, 5.74) is 6.68. The van der Waals surface area contributed by atoms with E-state index in [0.717, 1.165) is 5.56 Å². The normalized spacial score (nSPS) is 12.9. The van der Waals surface area contributed by atoms with Crippen LogP contribution in [0.5, 0.6) is 0 Å². The minimum Gasteiger partial charge on any atom is -0.358 e. The molecule has 0 aliphatic rings. The molecule has 14 heavy (non-hydrogen) atoms. The topological polar surface area (TPSA) is 82.0 Å². The maximum Gasteiger partial charge on any atom is 0.363 e. The fraction of sp³-hybridized carbons (Fsp3) is 0.444. The highest BCUT2D eigenvalue weighted by molar-refractivity contribution is 5.24. The largest absolute Gasteiger partial charge is 0.363 e. The number of rotatable bonds is 3. The molecule has 0 unspecified atom stereocenters. The van der Waals surface area contributed by atoms with Gasteiger partial charge in [-0.1, -0.05) is 13.8 Å². The first-order valence-electron chi connectivity index (χ1n) is 4.38. The van der Waals surface area contributed by atoms with E-state index in [2.05, 4.69) is 4.98 Å². The first-order valence-corrected chi connectivity index (χ1v) is 4.38. The van der Waals surface area contributed by atoms with Crippen molar-refractivity contribution in [3.05, 3.63) is 34.0 Å². The van der Waals surface area contributed by atoms with Crippen molar-refractivity contribution in [2.45, 2.75) is 19.9 Å².